The highest BCUT2D eigenvalue weighted by molar-refractivity contribution is 5.95. The third-order valence-electron chi connectivity index (χ3n) is 4.22. The van der Waals surface area contributed by atoms with Gasteiger partial charge in [0.15, 0.2) is 0 Å². The molecule has 5 nitrogen and oxygen atoms in total. The molecule has 0 bridgehead atoms. The minimum Gasteiger partial charge on any atom is -0.495 e. The summed E-state index contributed by atoms with van der Waals surface area (Å²) in [5.41, 5.74) is 4.26. The number of rotatable bonds is 6. The van der Waals surface area contributed by atoms with Crippen LogP contribution in [0.1, 0.15) is 12.5 Å². The average Bonchev–Trinajstić information content (AvgIpc) is 2.69. The molecule has 0 spiro atoms. The van der Waals surface area contributed by atoms with Crippen LogP contribution in [0.25, 0.3) is 11.1 Å². The van der Waals surface area contributed by atoms with Crippen molar-refractivity contribution >= 4 is 23.2 Å². The van der Waals surface area contributed by atoms with Crippen LogP contribution in [-0.2, 0) is 16.0 Å². The number of carbonyl (C=O) groups excluding carboxylic acids is 2. The molecule has 2 amide bonds. The molecule has 0 aliphatic rings. The lowest BCUT2D eigenvalue weighted by atomic mass is 10.0. The largest absolute Gasteiger partial charge is 0.495 e. The van der Waals surface area contributed by atoms with Crippen molar-refractivity contribution in [3.63, 3.8) is 0 Å². The summed E-state index contributed by atoms with van der Waals surface area (Å²) >= 11 is 0. The Hall–Kier alpha value is -3.60. The molecule has 0 saturated heterocycles. The Bertz CT molecular complexity index is 967. The molecular formula is C23H22N2O3. The van der Waals surface area contributed by atoms with Gasteiger partial charge in [-0.1, -0.05) is 54.6 Å². The number of anilines is 2. The van der Waals surface area contributed by atoms with Gasteiger partial charge >= 0.3 is 0 Å². The van der Waals surface area contributed by atoms with E-state index in [1.165, 1.54) is 14.0 Å². The molecule has 3 rings (SSSR count). The summed E-state index contributed by atoms with van der Waals surface area (Å²) in [5, 5.41) is 5.55. The van der Waals surface area contributed by atoms with Gasteiger partial charge in [-0.2, -0.15) is 0 Å². The Morgan fingerprint density at radius 3 is 2.18 bits per heavy atom. The maximum Gasteiger partial charge on any atom is 0.228 e. The van der Waals surface area contributed by atoms with E-state index in [-0.39, 0.29) is 18.2 Å². The lowest BCUT2D eigenvalue weighted by Crippen LogP contribution is -2.15. The maximum atomic E-state index is 12.5. The molecule has 0 aromatic heterocycles. The summed E-state index contributed by atoms with van der Waals surface area (Å²) in [7, 11) is 1.53. The summed E-state index contributed by atoms with van der Waals surface area (Å²) in [6, 6.07) is 23.1. The third-order valence-corrected chi connectivity index (χ3v) is 4.22. The fourth-order valence-corrected chi connectivity index (χ4v) is 2.91. The van der Waals surface area contributed by atoms with Crippen molar-refractivity contribution in [2.75, 3.05) is 17.7 Å². The summed E-state index contributed by atoms with van der Waals surface area (Å²) < 4.78 is 5.29. The summed E-state index contributed by atoms with van der Waals surface area (Å²) in [6.07, 6.45) is 0.239. The van der Waals surface area contributed by atoms with Crippen LogP contribution in [0.2, 0.25) is 0 Å². The Labute approximate surface area is 164 Å². The SMILES string of the molecule is COc1ccc(NC(C)=O)cc1NC(=O)Cc1ccc(-c2ccccc2)cc1. The molecule has 0 aliphatic carbocycles. The van der Waals surface area contributed by atoms with Gasteiger partial charge in [-0.05, 0) is 34.9 Å². The predicted molar refractivity (Wildman–Crippen MR) is 112 cm³/mol. The van der Waals surface area contributed by atoms with Crippen molar-refractivity contribution in [3.05, 3.63) is 78.4 Å². The Balaban J connectivity index is 1.69. The van der Waals surface area contributed by atoms with Crippen molar-refractivity contribution in [3.8, 4) is 16.9 Å². The molecule has 3 aromatic rings. The highest BCUT2D eigenvalue weighted by Gasteiger charge is 2.10. The van der Waals surface area contributed by atoms with E-state index in [1.54, 1.807) is 18.2 Å². The van der Waals surface area contributed by atoms with Gasteiger partial charge in [-0.15, -0.1) is 0 Å². The van der Waals surface area contributed by atoms with Gasteiger partial charge in [-0.25, -0.2) is 0 Å². The predicted octanol–water partition coefficient (Wildman–Crippen LogP) is 4.50. The van der Waals surface area contributed by atoms with Gasteiger partial charge in [-0.3, -0.25) is 9.59 Å². The van der Waals surface area contributed by atoms with Crippen molar-refractivity contribution in [1.82, 2.24) is 0 Å². The molecule has 5 heteroatoms. The van der Waals surface area contributed by atoms with Gasteiger partial charge in [0.25, 0.3) is 0 Å². The van der Waals surface area contributed by atoms with Crippen LogP contribution >= 0.6 is 0 Å². The number of hydrogen-bond acceptors (Lipinski definition) is 3. The van der Waals surface area contributed by atoms with Crippen molar-refractivity contribution in [2.24, 2.45) is 0 Å². The molecule has 142 valence electrons. The lowest BCUT2D eigenvalue weighted by molar-refractivity contribution is -0.116. The summed E-state index contributed by atoms with van der Waals surface area (Å²) in [6.45, 7) is 1.43. The van der Waals surface area contributed by atoms with E-state index in [2.05, 4.69) is 22.8 Å². The summed E-state index contributed by atoms with van der Waals surface area (Å²) in [4.78, 5) is 23.7. The maximum absolute atomic E-state index is 12.5. The number of carbonyl (C=O) groups is 2. The molecule has 0 radical (unpaired) electrons. The van der Waals surface area contributed by atoms with Crippen LogP contribution in [-0.4, -0.2) is 18.9 Å². The minimum atomic E-state index is -0.180. The zero-order chi connectivity index (χ0) is 19.9. The van der Waals surface area contributed by atoms with Crippen molar-refractivity contribution < 1.29 is 14.3 Å². The van der Waals surface area contributed by atoms with E-state index in [0.29, 0.717) is 17.1 Å². The zero-order valence-corrected chi connectivity index (χ0v) is 15.9. The second kappa shape index (κ2) is 8.86. The van der Waals surface area contributed by atoms with E-state index in [1.807, 2.05) is 42.5 Å². The monoisotopic (exact) mass is 374 g/mol. The lowest BCUT2D eigenvalue weighted by Gasteiger charge is -2.12. The van der Waals surface area contributed by atoms with E-state index >= 15 is 0 Å². The normalized spacial score (nSPS) is 10.2. The van der Waals surface area contributed by atoms with Gasteiger partial charge < -0.3 is 15.4 Å². The second-order valence-electron chi connectivity index (χ2n) is 6.38. The van der Waals surface area contributed by atoms with E-state index in [4.69, 9.17) is 4.74 Å². The summed E-state index contributed by atoms with van der Waals surface area (Å²) in [5.74, 6) is 0.188. The first-order valence-corrected chi connectivity index (χ1v) is 8.95. The molecule has 0 heterocycles. The van der Waals surface area contributed by atoms with Gasteiger partial charge in [0.2, 0.25) is 11.8 Å². The van der Waals surface area contributed by atoms with E-state index in [9.17, 15) is 9.59 Å². The number of nitrogens with one attached hydrogen (secondary N) is 2. The molecule has 3 aromatic carbocycles. The Morgan fingerprint density at radius 2 is 1.54 bits per heavy atom. The fraction of sp³-hybridized carbons (Fsp3) is 0.130. The van der Waals surface area contributed by atoms with Crippen LogP contribution in [0.3, 0.4) is 0 Å². The first kappa shape index (κ1) is 19.2. The first-order valence-electron chi connectivity index (χ1n) is 8.95. The van der Waals surface area contributed by atoms with Gasteiger partial charge in [0, 0.05) is 12.6 Å². The molecule has 0 unspecified atom stereocenters. The molecule has 2 N–H and O–H groups in total. The fourth-order valence-electron chi connectivity index (χ4n) is 2.91. The number of amides is 2. The second-order valence-corrected chi connectivity index (χ2v) is 6.38. The van der Waals surface area contributed by atoms with Crippen molar-refractivity contribution in [2.45, 2.75) is 13.3 Å². The Kier molecular flexibility index (Phi) is 6.07. The number of benzene rings is 3. The van der Waals surface area contributed by atoms with Crippen molar-refractivity contribution in [1.29, 1.82) is 0 Å². The third kappa shape index (κ3) is 4.98. The highest BCUT2D eigenvalue weighted by atomic mass is 16.5. The topological polar surface area (TPSA) is 67.4 Å². The van der Waals surface area contributed by atoms with Crippen LogP contribution < -0.4 is 15.4 Å². The van der Waals surface area contributed by atoms with E-state index < -0.39 is 0 Å². The van der Waals surface area contributed by atoms with Gasteiger partial charge in [0.05, 0.1) is 19.2 Å². The molecule has 0 aliphatic heterocycles. The average molecular weight is 374 g/mol. The first-order chi connectivity index (χ1) is 13.5. The van der Waals surface area contributed by atoms with E-state index in [0.717, 1.165) is 16.7 Å². The molecule has 0 saturated carbocycles. The standard InChI is InChI=1S/C23H22N2O3/c1-16(26)24-20-12-13-22(28-2)21(15-20)25-23(27)14-17-8-10-19(11-9-17)18-6-4-3-5-7-18/h3-13,15H,14H2,1-2H3,(H,24,26)(H,25,27). The number of methoxy groups -OCH3 is 1. The number of ether oxygens (including phenoxy) is 1. The van der Waals surface area contributed by atoms with Crippen LogP contribution in [0.4, 0.5) is 11.4 Å². The molecule has 28 heavy (non-hydrogen) atoms. The van der Waals surface area contributed by atoms with Crippen LogP contribution in [0.15, 0.2) is 72.8 Å². The molecule has 0 fully saturated rings. The van der Waals surface area contributed by atoms with Crippen LogP contribution in [0, 0.1) is 0 Å². The minimum absolute atomic E-state index is 0.161. The van der Waals surface area contributed by atoms with Gasteiger partial charge in [0.1, 0.15) is 5.75 Å². The zero-order valence-electron chi connectivity index (χ0n) is 15.9. The molecule has 0 atom stereocenters. The quantitative estimate of drug-likeness (QED) is 0.667. The number of hydrogen-bond donors (Lipinski definition) is 2. The molecular weight excluding hydrogens is 352 g/mol. The van der Waals surface area contributed by atoms with Crippen LogP contribution in [0.5, 0.6) is 5.75 Å². The smallest absolute Gasteiger partial charge is 0.228 e. The highest BCUT2D eigenvalue weighted by Crippen LogP contribution is 2.28. The Morgan fingerprint density at radius 1 is 0.857 bits per heavy atom.